The predicted molar refractivity (Wildman–Crippen MR) is 81.3 cm³/mol. The van der Waals surface area contributed by atoms with Gasteiger partial charge in [-0.15, -0.1) is 24.8 Å². The molecular weight excluding hydrogens is 289 g/mol. The van der Waals surface area contributed by atoms with E-state index in [1.165, 1.54) is 23.5 Å². The summed E-state index contributed by atoms with van der Waals surface area (Å²) < 4.78 is 0. The number of rotatable bonds is 1. The lowest BCUT2D eigenvalue weighted by molar-refractivity contribution is 0.775. The maximum Gasteiger partial charge on any atom is 0.144 e. The lowest BCUT2D eigenvalue weighted by Gasteiger charge is -1.97. The molecule has 0 amide bonds. The van der Waals surface area contributed by atoms with Crippen molar-refractivity contribution in [2.75, 3.05) is 11.9 Å². The van der Waals surface area contributed by atoms with E-state index >= 15 is 0 Å². The van der Waals surface area contributed by atoms with Crippen molar-refractivity contribution in [3.05, 3.63) is 30.1 Å². The molecule has 1 N–H and O–H groups in total. The van der Waals surface area contributed by atoms with Crippen LogP contribution >= 0.6 is 36.2 Å². The molecule has 6 heteroatoms. The molecule has 0 unspecified atom stereocenters. The van der Waals surface area contributed by atoms with E-state index < -0.39 is 0 Å². The van der Waals surface area contributed by atoms with E-state index in [1.54, 1.807) is 11.3 Å². The summed E-state index contributed by atoms with van der Waals surface area (Å²) in [6, 6.07) is 5.95. The summed E-state index contributed by atoms with van der Waals surface area (Å²) in [5, 5.41) is 5.71. The minimum Gasteiger partial charge on any atom is -0.375 e. The smallest absolute Gasteiger partial charge is 0.144 e. The number of nitrogens with zero attached hydrogens (tertiary/aromatic N) is 2. The van der Waals surface area contributed by atoms with Crippen molar-refractivity contribution >= 4 is 41.2 Å². The minimum atomic E-state index is 0. The Hall–Kier alpha value is -0.840. The van der Waals surface area contributed by atoms with Crippen LogP contribution in [0.4, 0.5) is 5.00 Å². The van der Waals surface area contributed by atoms with E-state index in [1.807, 2.05) is 24.4 Å². The molecule has 2 aromatic heterocycles. The van der Waals surface area contributed by atoms with Crippen LogP contribution in [0.3, 0.4) is 0 Å². The normalized spacial score (nSPS) is 13.3. The topological polar surface area (TPSA) is 37.8 Å². The fraction of sp³-hybridized carbons (Fsp3) is 0.333. The molecule has 0 bridgehead atoms. The quantitative estimate of drug-likeness (QED) is 0.871. The van der Waals surface area contributed by atoms with Crippen molar-refractivity contribution < 1.29 is 0 Å². The minimum absolute atomic E-state index is 0. The van der Waals surface area contributed by atoms with Gasteiger partial charge in [-0.25, -0.2) is 4.98 Å². The van der Waals surface area contributed by atoms with Crippen molar-refractivity contribution in [2.45, 2.75) is 19.3 Å². The zero-order valence-corrected chi connectivity index (χ0v) is 12.2. The zero-order valence-electron chi connectivity index (χ0n) is 9.76. The highest BCUT2D eigenvalue weighted by Crippen LogP contribution is 2.33. The molecular formula is C12H15Cl2N3S. The lowest BCUT2D eigenvalue weighted by Crippen LogP contribution is -1.96. The summed E-state index contributed by atoms with van der Waals surface area (Å²) >= 11 is 1.72. The van der Waals surface area contributed by atoms with Crippen LogP contribution < -0.4 is 5.32 Å². The fourth-order valence-electron chi connectivity index (χ4n) is 1.88. The van der Waals surface area contributed by atoms with Gasteiger partial charge in [0.25, 0.3) is 0 Å². The molecule has 0 atom stereocenters. The number of pyridine rings is 1. The van der Waals surface area contributed by atoms with Gasteiger partial charge >= 0.3 is 0 Å². The molecule has 18 heavy (non-hydrogen) atoms. The largest absolute Gasteiger partial charge is 0.375 e. The van der Waals surface area contributed by atoms with E-state index in [9.17, 15) is 0 Å². The van der Waals surface area contributed by atoms with Gasteiger partial charge in [0.2, 0.25) is 0 Å². The van der Waals surface area contributed by atoms with Crippen LogP contribution in [-0.4, -0.2) is 16.5 Å². The third-order valence-electron chi connectivity index (χ3n) is 2.71. The molecule has 1 aliphatic rings. The van der Waals surface area contributed by atoms with Crippen molar-refractivity contribution in [2.24, 2.45) is 0 Å². The number of hydrogen-bond donors (Lipinski definition) is 1. The highest BCUT2D eigenvalue weighted by molar-refractivity contribution is 7.19. The second-order valence-electron chi connectivity index (χ2n) is 3.89. The third-order valence-corrected chi connectivity index (χ3v) is 3.79. The number of thiazole rings is 1. The van der Waals surface area contributed by atoms with Gasteiger partial charge in [-0.1, -0.05) is 17.4 Å². The fourth-order valence-corrected chi connectivity index (χ4v) is 2.89. The summed E-state index contributed by atoms with van der Waals surface area (Å²) in [5.74, 6) is 0. The molecule has 2 aromatic rings. The van der Waals surface area contributed by atoms with Crippen LogP contribution in [0.15, 0.2) is 24.4 Å². The zero-order chi connectivity index (χ0) is 10.8. The molecule has 0 saturated heterocycles. The van der Waals surface area contributed by atoms with E-state index in [-0.39, 0.29) is 24.8 Å². The van der Waals surface area contributed by atoms with Crippen LogP contribution in [-0.2, 0) is 6.42 Å². The Balaban J connectivity index is 0.000000810. The number of halogens is 2. The van der Waals surface area contributed by atoms with Gasteiger partial charge in [-0.05, 0) is 31.4 Å². The first-order chi connectivity index (χ1) is 7.93. The number of aryl methyl sites for hydroxylation is 1. The maximum absolute atomic E-state index is 4.67. The Labute approximate surface area is 123 Å². The molecule has 98 valence electrons. The first kappa shape index (κ1) is 15.2. The maximum atomic E-state index is 4.67. The molecule has 0 aliphatic carbocycles. The standard InChI is InChI=1S/C12H13N3S.2ClH/c1-3-7-13-9(5-1)12-15-10-6-2-4-8-14-11(10)16-12;;/h1,3,5,7,14H,2,4,6,8H2;2*1H. The highest BCUT2D eigenvalue weighted by Gasteiger charge is 2.14. The number of nitrogens with one attached hydrogen (secondary N) is 1. The van der Waals surface area contributed by atoms with Crippen molar-refractivity contribution in [3.8, 4) is 10.7 Å². The van der Waals surface area contributed by atoms with Gasteiger partial charge in [0.15, 0.2) is 0 Å². The van der Waals surface area contributed by atoms with Gasteiger partial charge < -0.3 is 5.32 Å². The molecule has 0 aromatic carbocycles. The summed E-state index contributed by atoms with van der Waals surface area (Å²) in [6.07, 6.45) is 5.37. The summed E-state index contributed by atoms with van der Waals surface area (Å²) in [6.45, 7) is 1.07. The molecule has 0 radical (unpaired) electrons. The monoisotopic (exact) mass is 303 g/mol. The van der Waals surface area contributed by atoms with E-state index in [0.29, 0.717) is 0 Å². The number of fused-ring (bicyclic) bond motifs is 1. The Morgan fingerprint density at radius 1 is 1.17 bits per heavy atom. The number of anilines is 1. The molecule has 3 rings (SSSR count). The van der Waals surface area contributed by atoms with Gasteiger partial charge in [0.05, 0.1) is 11.4 Å². The SMILES string of the molecule is Cl.Cl.c1ccc(-c2nc3c(s2)NCCCC3)nc1. The first-order valence-corrected chi connectivity index (χ1v) is 6.40. The van der Waals surface area contributed by atoms with Crippen LogP contribution in [0.2, 0.25) is 0 Å². The lowest BCUT2D eigenvalue weighted by atomic mass is 10.2. The summed E-state index contributed by atoms with van der Waals surface area (Å²) in [7, 11) is 0. The second-order valence-corrected chi connectivity index (χ2v) is 4.89. The van der Waals surface area contributed by atoms with Gasteiger partial charge in [-0.3, -0.25) is 4.98 Å². The van der Waals surface area contributed by atoms with Crippen LogP contribution in [0.1, 0.15) is 18.5 Å². The average Bonchev–Trinajstić information content (AvgIpc) is 2.62. The Morgan fingerprint density at radius 2 is 2.06 bits per heavy atom. The average molecular weight is 304 g/mol. The molecule has 3 heterocycles. The van der Waals surface area contributed by atoms with Crippen molar-refractivity contribution in [1.82, 2.24) is 9.97 Å². The second kappa shape index (κ2) is 6.92. The van der Waals surface area contributed by atoms with E-state index in [0.717, 1.165) is 23.7 Å². The number of aromatic nitrogens is 2. The Morgan fingerprint density at radius 3 is 2.83 bits per heavy atom. The van der Waals surface area contributed by atoms with Gasteiger partial charge in [0.1, 0.15) is 10.0 Å². The van der Waals surface area contributed by atoms with Crippen LogP contribution in [0.5, 0.6) is 0 Å². The van der Waals surface area contributed by atoms with E-state index in [2.05, 4.69) is 15.3 Å². The molecule has 0 saturated carbocycles. The molecule has 3 nitrogen and oxygen atoms in total. The highest BCUT2D eigenvalue weighted by atomic mass is 35.5. The van der Waals surface area contributed by atoms with Crippen LogP contribution in [0, 0.1) is 0 Å². The molecule has 1 aliphatic heterocycles. The third kappa shape index (κ3) is 3.13. The van der Waals surface area contributed by atoms with E-state index in [4.69, 9.17) is 0 Å². The van der Waals surface area contributed by atoms with Gasteiger partial charge in [-0.2, -0.15) is 0 Å². The molecule has 0 spiro atoms. The van der Waals surface area contributed by atoms with Gasteiger partial charge in [0, 0.05) is 12.7 Å². The summed E-state index contributed by atoms with van der Waals surface area (Å²) in [5.41, 5.74) is 2.19. The van der Waals surface area contributed by atoms with Crippen LogP contribution in [0.25, 0.3) is 10.7 Å². The Bertz CT molecular complexity index is 464. The Kier molecular flexibility index (Phi) is 5.85. The number of hydrogen-bond acceptors (Lipinski definition) is 4. The van der Waals surface area contributed by atoms with Crippen molar-refractivity contribution in [3.63, 3.8) is 0 Å². The predicted octanol–water partition coefficient (Wildman–Crippen LogP) is 3.80. The van der Waals surface area contributed by atoms with Crippen molar-refractivity contribution in [1.29, 1.82) is 0 Å². The molecule has 0 fully saturated rings. The first-order valence-electron chi connectivity index (χ1n) is 5.58. The summed E-state index contributed by atoms with van der Waals surface area (Å²) in [4.78, 5) is 9.01.